The van der Waals surface area contributed by atoms with Gasteiger partial charge in [0.15, 0.2) is 0 Å². The van der Waals surface area contributed by atoms with Gasteiger partial charge in [-0.3, -0.25) is 4.79 Å². The maximum atomic E-state index is 12.5. The molecule has 2 aromatic heterocycles. The van der Waals surface area contributed by atoms with Crippen LogP contribution in [0.5, 0.6) is 0 Å². The van der Waals surface area contributed by atoms with Crippen LogP contribution in [0.4, 0.5) is 0 Å². The second-order valence-corrected chi connectivity index (χ2v) is 6.50. The number of nitrogens with one attached hydrogen (secondary N) is 2. The summed E-state index contributed by atoms with van der Waals surface area (Å²) in [7, 11) is 0. The molecule has 1 aromatic carbocycles. The zero-order chi connectivity index (χ0) is 14.2. The Morgan fingerprint density at radius 3 is 3.19 bits per heavy atom. The van der Waals surface area contributed by atoms with Crippen LogP contribution < -0.4 is 5.32 Å². The molecule has 1 unspecified atom stereocenters. The first-order valence-corrected chi connectivity index (χ1v) is 8.13. The summed E-state index contributed by atoms with van der Waals surface area (Å²) in [5.74, 6) is 0.0159. The molecule has 2 N–H and O–H groups in total. The molecule has 3 aromatic rings. The standard InChI is InChI=1S/C17H16N2OS/c20-17(12-4-5-14-11(10-12)6-8-18-14)19-15-2-1-3-16-13(15)7-9-21-16/h4-10,15,18H,1-3H2,(H,19,20). The average molecular weight is 296 g/mol. The molecule has 0 saturated carbocycles. The first-order valence-electron chi connectivity index (χ1n) is 7.25. The maximum Gasteiger partial charge on any atom is 0.251 e. The summed E-state index contributed by atoms with van der Waals surface area (Å²) in [6.45, 7) is 0. The summed E-state index contributed by atoms with van der Waals surface area (Å²) in [6, 6.07) is 10.1. The van der Waals surface area contributed by atoms with Crippen LogP contribution in [0.3, 0.4) is 0 Å². The van der Waals surface area contributed by atoms with Crippen LogP contribution in [-0.4, -0.2) is 10.9 Å². The second kappa shape index (κ2) is 5.04. The van der Waals surface area contributed by atoms with Crippen molar-refractivity contribution in [2.75, 3.05) is 0 Å². The third-order valence-electron chi connectivity index (χ3n) is 4.17. The molecule has 3 nitrogen and oxygen atoms in total. The van der Waals surface area contributed by atoms with E-state index in [-0.39, 0.29) is 11.9 Å². The Bertz CT molecular complexity index is 802. The van der Waals surface area contributed by atoms with Gasteiger partial charge in [-0.05, 0) is 60.5 Å². The number of fused-ring (bicyclic) bond motifs is 2. The van der Waals surface area contributed by atoms with Gasteiger partial charge in [0.1, 0.15) is 0 Å². The number of aromatic amines is 1. The summed E-state index contributed by atoms with van der Waals surface area (Å²) in [5, 5.41) is 6.39. The molecule has 0 radical (unpaired) electrons. The Morgan fingerprint density at radius 1 is 1.29 bits per heavy atom. The van der Waals surface area contributed by atoms with Crippen LogP contribution in [0.15, 0.2) is 41.9 Å². The average Bonchev–Trinajstić information content (AvgIpc) is 3.15. The van der Waals surface area contributed by atoms with Gasteiger partial charge < -0.3 is 10.3 Å². The molecular weight excluding hydrogens is 280 g/mol. The van der Waals surface area contributed by atoms with E-state index >= 15 is 0 Å². The number of amides is 1. The van der Waals surface area contributed by atoms with Gasteiger partial charge in [0.05, 0.1) is 6.04 Å². The number of benzene rings is 1. The van der Waals surface area contributed by atoms with Crippen molar-refractivity contribution in [2.45, 2.75) is 25.3 Å². The Labute approximate surface area is 127 Å². The number of rotatable bonds is 2. The van der Waals surface area contributed by atoms with Crippen LogP contribution in [0.1, 0.15) is 39.7 Å². The van der Waals surface area contributed by atoms with Gasteiger partial charge in [-0.15, -0.1) is 11.3 Å². The van der Waals surface area contributed by atoms with Gasteiger partial charge in [-0.2, -0.15) is 0 Å². The fraction of sp³-hybridized carbons (Fsp3) is 0.235. The van der Waals surface area contributed by atoms with Crippen molar-refractivity contribution in [2.24, 2.45) is 0 Å². The summed E-state index contributed by atoms with van der Waals surface area (Å²) in [6.07, 6.45) is 5.22. The van der Waals surface area contributed by atoms with Crippen LogP contribution in [0.2, 0.25) is 0 Å². The highest BCUT2D eigenvalue weighted by Crippen LogP contribution is 2.33. The van der Waals surface area contributed by atoms with Crippen molar-refractivity contribution < 1.29 is 4.79 Å². The lowest BCUT2D eigenvalue weighted by atomic mass is 9.94. The highest BCUT2D eigenvalue weighted by atomic mass is 32.1. The first-order chi connectivity index (χ1) is 10.3. The normalized spacial score (nSPS) is 17.6. The number of hydrogen-bond acceptors (Lipinski definition) is 2. The van der Waals surface area contributed by atoms with Gasteiger partial charge in [0.2, 0.25) is 0 Å². The molecule has 1 aliphatic rings. The van der Waals surface area contributed by atoms with Crippen LogP contribution in [0.25, 0.3) is 10.9 Å². The van der Waals surface area contributed by atoms with Crippen molar-refractivity contribution >= 4 is 28.1 Å². The molecule has 0 bridgehead atoms. The molecule has 106 valence electrons. The molecule has 0 aliphatic heterocycles. The number of carbonyl (C=O) groups excluding carboxylic acids is 1. The van der Waals surface area contributed by atoms with E-state index in [1.807, 2.05) is 30.5 Å². The second-order valence-electron chi connectivity index (χ2n) is 5.50. The lowest BCUT2D eigenvalue weighted by molar-refractivity contribution is 0.0933. The van der Waals surface area contributed by atoms with Gasteiger partial charge >= 0.3 is 0 Å². The van der Waals surface area contributed by atoms with E-state index < -0.39 is 0 Å². The van der Waals surface area contributed by atoms with Crippen LogP contribution in [0, 0.1) is 0 Å². The Balaban J connectivity index is 1.59. The Morgan fingerprint density at radius 2 is 2.24 bits per heavy atom. The Kier molecular flexibility index (Phi) is 3.04. The van der Waals surface area contributed by atoms with E-state index in [2.05, 4.69) is 21.7 Å². The lowest BCUT2D eigenvalue weighted by Crippen LogP contribution is -2.30. The summed E-state index contributed by atoms with van der Waals surface area (Å²) < 4.78 is 0. The van der Waals surface area contributed by atoms with E-state index in [0.29, 0.717) is 0 Å². The molecule has 21 heavy (non-hydrogen) atoms. The van der Waals surface area contributed by atoms with E-state index in [1.165, 1.54) is 10.4 Å². The molecule has 0 spiro atoms. The molecule has 4 rings (SSSR count). The zero-order valence-electron chi connectivity index (χ0n) is 11.6. The van der Waals surface area contributed by atoms with E-state index in [4.69, 9.17) is 0 Å². The summed E-state index contributed by atoms with van der Waals surface area (Å²) >= 11 is 1.80. The maximum absolute atomic E-state index is 12.5. The molecule has 1 amide bonds. The fourth-order valence-electron chi connectivity index (χ4n) is 3.07. The number of hydrogen-bond donors (Lipinski definition) is 2. The largest absolute Gasteiger partial charge is 0.361 e. The van der Waals surface area contributed by atoms with Crippen LogP contribution in [-0.2, 0) is 6.42 Å². The van der Waals surface area contributed by atoms with Crippen molar-refractivity contribution in [1.29, 1.82) is 0 Å². The smallest absolute Gasteiger partial charge is 0.251 e. The highest BCUT2D eigenvalue weighted by molar-refractivity contribution is 7.10. The Hall–Kier alpha value is -2.07. The number of H-pyrrole nitrogens is 1. The van der Waals surface area contributed by atoms with E-state index in [1.54, 1.807) is 11.3 Å². The fourth-order valence-corrected chi connectivity index (χ4v) is 4.06. The third kappa shape index (κ3) is 2.25. The van der Waals surface area contributed by atoms with E-state index in [9.17, 15) is 4.79 Å². The minimum Gasteiger partial charge on any atom is -0.361 e. The summed E-state index contributed by atoms with van der Waals surface area (Å²) in [5.41, 5.74) is 3.09. The van der Waals surface area contributed by atoms with Crippen molar-refractivity contribution in [1.82, 2.24) is 10.3 Å². The number of carbonyl (C=O) groups is 1. The quantitative estimate of drug-likeness (QED) is 0.736. The van der Waals surface area contributed by atoms with E-state index in [0.717, 1.165) is 35.7 Å². The van der Waals surface area contributed by atoms with Gasteiger partial charge in [0, 0.05) is 27.5 Å². The van der Waals surface area contributed by atoms with Crippen molar-refractivity contribution in [3.63, 3.8) is 0 Å². The van der Waals surface area contributed by atoms with Gasteiger partial charge in [-0.25, -0.2) is 0 Å². The molecule has 0 fully saturated rings. The molecule has 2 heterocycles. The van der Waals surface area contributed by atoms with Crippen molar-refractivity contribution in [3.8, 4) is 0 Å². The molecule has 4 heteroatoms. The predicted octanol–water partition coefficient (Wildman–Crippen LogP) is 4.04. The SMILES string of the molecule is O=C(NC1CCCc2sccc21)c1ccc2[nH]ccc2c1. The lowest BCUT2D eigenvalue weighted by Gasteiger charge is -2.23. The number of thiophene rings is 1. The monoisotopic (exact) mass is 296 g/mol. The molecule has 1 atom stereocenters. The zero-order valence-corrected chi connectivity index (χ0v) is 12.4. The number of aromatic nitrogens is 1. The van der Waals surface area contributed by atoms with Gasteiger partial charge in [-0.1, -0.05) is 0 Å². The molecule has 1 aliphatic carbocycles. The molecular formula is C17H16N2OS. The minimum atomic E-state index is 0.0159. The number of aryl methyl sites for hydroxylation is 1. The van der Waals surface area contributed by atoms with Crippen molar-refractivity contribution in [3.05, 3.63) is 57.9 Å². The van der Waals surface area contributed by atoms with Crippen LogP contribution >= 0.6 is 11.3 Å². The predicted molar refractivity (Wildman–Crippen MR) is 85.8 cm³/mol. The topological polar surface area (TPSA) is 44.9 Å². The summed E-state index contributed by atoms with van der Waals surface area (Å²) in [4.78, 5) is 17.1. The minimum absolute atomic E-state index is 0.0159. The first kappa shape index (κ1) is 12.7. The van der Waals surface area contributed by atoms with Gasteiger partial charge in [0.25, 0.3) is 5.91 Å². The molecule has 0 saturated heterocycles. The highest BCUT2D eigenvalue weighted by Gasteiger charge is 2.23. The third-order valence-corrected chi connectivity index (χ3v) is 5.17.